The van der Waals surface area contributed by atoms with Crippen molar-refractivity contribution in [2.24, 2.45) is 16.6 Å². The maximum atomic E-state index is 5.92. The number of nitrogens with two attached hydrogens (primary N) is 1. The topological polar surface area (TPSA) is 72.5 Å². The Morgan fingerprint density at radius 1 is 1.20 bits per heavy atom. The summed E-state index contributed by atoms with van der Waals surface area (Å²) in [5.41, 5.74) is 8.25. The molecule has 1 aliphatic carbocycles. The van der Waals surface area contributed by atoms with Crippen LogP contribution >= 0.6 is 24.0 Å². The first-order valence-corrected chi connectivity index (χ1v) is 8.45. The quantitative estimate of drug-likeness (QED) is 0.367. The van der Waals surface area contributed by atoms with Crippen LogP contribution in [0.1, 0.15) is 24.0 Å². The van der Waals surface area contributed by atoms with Gasteiger partial charge in [0.05, 0.1) is 13.2 Å². The molecule has 0 radical (unpaired) electrons. The number of nitrogens with one attached hydrogen (secondary N) is 1. The van der Waals surface area contributed by atoms with Crippen molar-refractivity contribution in [3.8, 4) is 5.88 Å². The van der Waals surface area contributed by atoms with Gasteiger partial charge >= 0.3 is 0 Å². The lowest BCUT2D eigenvalue weighted by molar-refractivity contribution is 0.288. The van der Waals surface area contributed by atoms with Crippen LogP contribution in [0, 0.1) is 5.92 Å². The molecule has 134 valence electrons. The molecule has 0 saturated heterocycles. The molecule has 0 unspecified atom stereocenters. The van der Waals surface area contributed by atoms with Crippen LogP contribution < -0.4 is 15.8 Å². The molecular weight excluding hydrogens is 427 g/mol. The minimum atomic E-state index is 0. The van der Waals surface area contributed by atoms with E-state index in [0.29, 0.717) is 18.4 Å². The number of benzene rings is 1. The van der Waals surface area contributed by atoms with Crippen molar-refractivity contribution in [1.82, 2.24) is 10.3 Å². The van der Waals surface area contributed by atoms with Gasteiger partial charge in [0.2, 0.25) is 5.88 Å². The van der Waals surface area contributed by atoms with Crippen LogP contribution in [-0.2, 0) is 13.0 Å². The highest BCUT2D eigenvalue weighted by Gasteiger charge is 2.22. The molecule has 25 heavy (non-hydrogen) atoms. The molecule has 3 N–H and O–H groups in total. The Kier molecular flexibility index (Phi) is 7.97. The van der Waals surface area contributed by atoms with Crippen molar-refractivity contribution in [2.75, 3.05) is 13.2 Å². The van der Waals surface area contributed by atoms with Gasteiger partial charge in [-0.05, 0) is 42.4 Å². The number of hydrogen-bond donors (Lipinski definition) is 2. The molecule has 5 nitrogen and oxygen atoms in total. The third-order valence-corrected chi connectivity index (χ3v) is 3.96. The van der Waals surface area contributed by atoms with E-state index in [4.69, 9.17) is 10.5 Å². The summed E-state index contributed by atoms with van der Waals surface area (Å²) in [6.07, 6.45) is 5.22. The third-order valence-electron chi connectivity index (χ3n) is 3.96. The molecule has 3 rings (SSSR count). The maximum absolute atomic E-state index is 5.92. The first-order valence-electron chi connectivity index (χ1n) is 8.45. The van der Waals surface area contributed by atoms with Crippen LogP contribution in [0.3, 0.4) is 0 Å². The van der Waals surface area contributed by atoms with E-state index in [1.807, 2.05) is 30.3 Å². The highest BCUT2D eigenvalue weighted by atomic mass is 127. The summed E-state index contributed by atoms with van der Waals surface area (Å²) in [7, 11) is 0. The summed E-state index contributed by atoms with van der Waals surface area (Å²) in [4.78, 5) is 8.61. The van der Waals surface area contributed by atoms with Crippen molar-refractivity contribution in [3.63, 3.8) is 0 Å². The van der Waals surface area contributed by atoms with Crippen molar-refractivity contribution < 1.29 is 4.74 Å². The molecule has 0 spiro atoms. The van der Waals surface area contributed by atoms with Gasteiger partial charge in [-0.3, -0.25) is 0 Å². The maximum Gasteiger partial charge on any atom is 0.213 e. The summed E-state index contributed by atoms with van der Waals surface area (Å²) in [6.45, 7) is 2.06. The van der Waals surface area contributed by atoms with Gasteiger partial charge in [0, 0.05) is 18.8 Å². The zero-order chi connectivity index (χ0) is 16.6. The number of halogens is 1. The first kappa shape index (κ1) is 19.5. The van der Waals surface area contributed by atoms with Crippen LogP contribution in [0.25, 0.3) is 0 Å². The van der Waals surface area contributed by atoms with Gasteiger partial charge in [-0.25, -0.2) is 9.98 Å². The largest absolute Gasteiger partial charge is 0.477 e. The van der Waals surface area contributed by atoms with Gasteiger partial charge < -0.3 is 15.8 Å². The number of pyridine rings is 1. The number of nitrogens with zero attached hydrogens (tertiary/aromatic N) is 2. The predicted octanol–water partition coefficient (Wildman–Crippen LogP) is 3.14. The van der Waals surface area contributed by atoms with E-state index in [-0.39, 0.29) is 24.0 Å². The van der Waals surface area contributed by atoms with Crippen LogP contribution in [0.4, 0.5) is 0 Å². The molecule has 1 heterocycles. The Hall–Kier alpha value is -1.83. The first-order chi connectivity index (χ1) is 11.8. The van der Waals surface area contributed by atoms with E-state index in [2.05, 4.69) is 27.4 Å². The molecule has 1 aliphatic rings. The normalized spacial score (nSPS) is 13.8. The van der Waals surface area contributed by atoms with Crippen LogP contribution in [-0.4, -0.2) is 24.1 Å². The van der Waals surface area contributed by atoms with E-state index in [1.165, 1.54) is 18.4 Å². The SMILES string of the molecule is I.NC(=NCc1ccnc(OCC2CC2)c1)NCCc1ccccc1. The monoisotopic (exact) mass is 452 g/mol. The highest BCUT2D eigenvalue weighted by Crippen LogP contribution is 2.29. The van der Waals surface area contributed by atoms with E-state index in [1.54, 1.807) is 6.20 Å². The van der Waals surface area contributed by atoms with E-state index >= 15 is 0 Å². The lowest BCUT2D eigenvalue weighted by atomic mass is 10.1. The second-order valence-electron chi connectivity index (χ2n) is 6.12. The number of ether oxygens (including phenoxy) is 1. The van der Waals surface area contributed by atoms with Crippen molar-refractivity contribution in [1.29, 1.82) is 0 Å². The number of guanidine groups is 1. The lowest BCUT2D eigenvalue weighted by Gasteiger charge is -2.07. The molecule has 0 aliphatic heterocycles. The Morgan fingerprint density at radius 3 is 2.76 bits per heavy atom. The summed E-state index contributed by atoms with van der Waals surface area (Å²) in [6, 6.07) is 14.2. The highest BCUT2D eigenvalue weighted by molar-refractivity contribution is 14.0. The molecule has 0 bridgehead atoms. The molecule has 2 aromatic rings. The number of rotatable bonds is 8. The van der Waals surface area contributed by atoms with Gasteiger partial charge in [-0.2, -0.15) is 0 Å². The predicted molar refractivity (Wildman–Crippen MR) is 111 cm³/mol. The minimum Gasteiger partial charge on any atom is -0.477 e. The second-order valence-corrected chi connectivity index (χ2v) is 6.12. The molecule has 1 aromatic carbocycles. The van der Waals surface area contributed by atoms with E-state index in [9.17, 15) is 0 Å². The summed E-state index contributed by atoms with van der Waals surface area (Å²) in [5, 5.41) is 3.15. The average Bonchev–Trinajstić information content (AvgIpc) is 3.44. The summed E-state index contributed by atoms with van der Waals surface area (Å²) >= 11 is 0. The number of aromatic nitrogens is 1. The summed E-state index contributed by atoms with van der Waals surface area (Å²) < 4.78 is 5.68. The molecular formula is C19H25IN4O. The van der Waals surface area contributed by atoms with Crippen LogP contribution in [0.15, 0.2) is 53.7 Å². The van der Waals surface area contributed by atoms with Gasteiger partial charge in [0.25, 0.3) is 0 Å². The molecule has 1 aromatic heterocycles. The fraction of sp³-hybridized carbons (Fsp3) is 0.368. The standard InChI is InChI=1S/C19H24N4O.HI/c20-19(22-11-8-15-4-2-1-3-5-15)23-13-17-9-10-21-18(12-17)24-14-16-6-7-16;/h1-5,9-10,12,16H,6-8,11,13-14H2,(H3,20,22,23);1H. The smallest absolute Gasteiger partial charge is 0.213 e. The Morgan fingerprint density at radius 2 is 2.00 bits per heavy atom. The van der Waals surface area contributed by atoms with Gasteiger partial charge in [-0.15, -0.1) is 24.0 Å². The van der Waals surface area contributed by atoms with Crippen molar-refractivity contribution >= 4 is 29.9 Å². The third kappa shape index (κ3) is 7.29. The Labute approximate surface area is 166 Å². The average molecular weight is 452 g/mol. The molecule has 1 fully saturated rings. The zero-order valence-corrected chi connectivity index (χ0v) is 16.6. The lowest BCUT2D eigenvalue weighted by Crippen LogP contribution is -2.33. The van der Waals surface area contributed by atoms with Gasteiger partial charge in [0.1, 0.15) is 0 Å². The molecule has 0 amide bonds. The van der Waals surface area contributed by atoms with Crippen LogP contribution in [0.2, 0.25) is 0 Å². The molecule has 0 atom stereocenters. The molecule has 6 heteroatoms. The van der Waals surface area contributed by atoms with Crippen LogP contribution in [0.5, 0.6) is 5.88 Å². The van der Waals surface area contributed by atoms with Gasteiger partial charge in [-0.1, -0.05) is 30.3 Å². The van der Waals surface area contributed by atoms with E-state index < -0.39 is 0 Å². The van der Waals surface area contributed by atoms with Crippen molar-refractivity contribution in [2.45, 2.75) is 25.8 Å². The minimum absolute atomic E-state index is 0. The van der Waals surface area contributed by atoms with Crippen molar-refractivity contribution in [3.05, 3.63) is 59.8 Å². The zero-order valence-electron chi connectivity index (χ0n) is 14.2. The van der Waals surface area contributed by atoms with E-state index in [0.717, 1.165) is 31.1 Å². The molecule has 1 saturated carbocycles. The number of hydrogen-bond acceptors (Lipinski definition) is 3. The Balaban J connectivity index is 0.00000225. The number of aliphatic imine (C=N–C) groups is 1. The van der Waals surface area contributed by atoms with Gasteiger partial charge in [0.15, 0.2) is 5.96 Å². The fourth-order valence-electron chi connectivity index (χ4n) is 2.33. The Bertz CT molecular complexity index is 674. The summed E-state index contributed by atoms with van der Waals surface area (Å²) in [5.74, 6) is 1.85. The fourth-order valence-corrected chi connectivity index (χ4v) is 2.33. The second kappa shape index (κ2) is 10.2.